The molecule has 4 unspecified atom stereocenters. The van der Waals surface area contributed by atoms with Gasteiger partial charge in [0.1, 0.15) is 0 Å². The Balaban J connectivity index is 1.76. The second-order valence-electron chi connectivity index (χ2n) is 10.7. The normalized spacial score (nSPS) is 57.7. The van der Waals surface area contributed by atoms with Crippen LogP contribution in [0.15, 0.2) is 11.6 Å². The summed E-state index contributed by atoms with van der Waals surface area (Å²) in [4.78, 5) is 12.3. The molecule has 5 heteroatoms. The number of aliphatic hydroxyl groups excluding tert-OH is 2. The van der Waals surface area contributed by atoms with E-state index in [0.29, 0.717) is 24.7 Å². The zero-order valence-corrected chi connectivity index (χ0v) is 16.9. The highest BCUT2D eigenvalue weighted by molar-refractivity contribution is 5.65. The van der Waals surface area contributed by atoms with Gasteiger partial charge in [-0.1, -0.05) is 39.3 Å². The number of carbonyl (C=O) groups excluding carboxylic acids is 1. The maximum Gasteiger partial charge on any atom is 0.509 e. The van der Waals surface area contributed by atoms with E-state index in [2.05, 4.69) is 33.8 Å². The molecule has 27 heavy (non-hydrogen) atoms. The molecule has 0 aromatic rings. The Kier molecular flexibility index (Phi) is 3.40. The van der Waals surface area contributed by atoms with Gasteiger partial charge in [0.25, 0.3) is 0 Å². The van der Waals surface area contributed by atoms with Crippen LogP contribution in [0.2, 0.25) is 0 Å². The van der Waals surface area contributed by atoms with E-state index in [0.717, 1.165) is 6.42 Å². The molecule has 150 valence electrons. The Morgan fingerprint density at radius 1 is 1.22 bits per heavy atom. The first-order chi connectivity index (χ1) is 12.6. The second kappa shape index (κ2) is 5.10. The number of rotatable bonds is 0. The fraction of sp³-hybridized carbons (Fsp3) is 0.864. The van der Waals surface area contributed by atoms with Crippen molar-refractivity contribution >= 4 is 6.16 Å². The molecule has 0 aromatic heterocycles. The van der Waals surface area contributed by atoms with Crippen molar-refractivity contribution in [2.45, 2.75) is 77.8 Å². The van der Waals surface area contributed by atoms with E-state index < -0.39 is 35.5 Å². The monoisotopic (exact) mass is 376 g/mol. The van der Waals surface area contributed by atoms with Crippen molar-refractivity contribution in [3.63, 3.8) is 0 Å². The minimum Gasteiger partial charge on any atom is -0.426 e. The summed E-state index contributed by atoms with van der Waals surface area (Å²) in [7, 11) is 0. The third kappa shape index (κ3) is 1.86. The van der Waals surface area contributed by atoms with Gasteiger partial charge in [-0.15, -0.1) is 0 Å². The molecule has 0 radical (unpaired) electrons. The molecule has 10 atom stereocenters. The maximum absolute atomic E-state index is 12.3. The van der Waals surface area contributed by atoms with E-state index in [1.54, 1.807) is 0 Å². The van der Waals surface area contributed by atoms with Crippen molar-refractivity contribution < 1.29 is 24.5 Å². The van der Waals surface area contributed by atoms with Gasteiger partial charge < -0.3 is 19.7 Å². The van der Waals surface area contributed by atoms with Crippen molar-refractivity contribution in [3.8, 4) is 0 Å². The minimum absolute atomic E-state index is 0.132. The van der Waals surface area contributed by atoms with Gasteiger partial charge in [0.05, 0.1) is 12.2 Å². The van der Waals surface area contributed by atoms with Gasteiger partial charge in [-0.3, -0.25) is 0 Å². The minimum atomic E-state index is -0.891. The first kappa shape index (κ1) is 18.0. The van der Waals surface area contributed by atoms with Crippen LogP contribution < -0.4 is 0 Å². The Bertz CT molecular complexity index is 728. The van der Waals surface area contributed by atoms with E-state index in [4.69, 9.17) is 9.47 Å². The number of aliphatic hydroxyl groups is 2. The van der Waals surface area contributed by atoms with Crippen molar-refractivity contribution in [1.29, 1.82) is 0 Å². The summed E-state index contributed by atoms with van der Waals surface area (Å²) in [6, 6.07) is 0. The number of hydrogen-bond acceptors (Lipinski definition) is 5. The van der Waals surface area contributed by atoms with Crippen molar-refractivity contribution in [3.05, 3.63) is 11.6 Å². The molecule has 2 spiro atoms. The van der Waals surface area contributed by atoms with Crippen molar-refractivity contribution in [1.82, 2.24) is 0 Å². The van der Waals surface area contributed by atoms with Crippen LogP contribution in [0.1, 0.15) is 53.9 Å². The van der Waals surface area contributed by atoms with Gasteiger partial charge in [-0.2, -0.15) is 0 Å². The molecular formula is C22H32O5. The van der Waals surface area contributed by atoms with Crippen molar-refractivity contribution in [2.75, 3.05) is 0 Å². The zero-order chi connectivity index (χ0) is 19.5. The molecule has 3 saturated carbocycles. The van der Waals surface area contributed by atoms with Crippen LogP contribution in [0.25, 0.3) is 0 Å². The highest BCUT2D eigenvalue weighted by Crippen LogP contribution is 2.74. The predicted octanol–water partition coefficient (Wildman–Crippen LogP) is 3.29. The van der Waals surface area contributed by atoms with Crippen LogP contribution in [-0.2, 0) is 9.47 Å². The van der Waals surface area contributed by atoms with E-state index in [1.165, 1.54) is 5.57 Å². The molecular weight excluding hydrogens is 344 g/mol. The molecule has 5 aliphatic rings. The molecule has 0 amide bonds. The molecule has 4 aliphatic carbocycles. The molecule has 1 heterocycles. The Morgan fingerprint density at radius 2 is 1.93 bits per heavy atom. The van der Waals surface area contributed by atoms with Gasteiger partial charge >= 0.3 is 6.16 Å². The third-order valence-corrected chi connectivity index (χ3v) is 9.41. The molecule has 2 N–H and O–H groups in total. The fourth-order valence-corrected chi connectivity index (χ4v) is 7.97. The first-order valence-corrected chi connectivity index (χ1v) is 10.5. The largest absolute Gasteiger partial charge is 0.509 e. The molecule has 2 bridgehead atoms. The van der Waals surface area contributed by atoms with Gasteiger partial charge in [-0.25, -0.2) is 4.79 Å². The number of ether oxygens (including phenoxy) is 2. The Morgan fingerprint density at radius 3 is 2.63 bits per heavy atom. The second-order valence-corrected chi connectivity index (χ2v) is 10.7. The summed E-state index contributed by atoms with van der Waals surface area (Å²) in [6.07, 6.45) is 1.84. The van der Waals surface area contributed by atoms with Crippen LogP contribution in [-0.4, -0.2) is 40.3 Å². The quantitative estimate of drug-likeness (QED) is 0.501. The van der Waals surface area contributed by atoms with Gasteiger partial charge in [0.2, 0.25) is 0 Å². The first-order valence-electron chi connectivity index (χ1n) is 10.5. The summed E-state index contributed by atoms with van der Waals surface area (Å²) >= 11 is 0. The van der Waals surface area contributed by atoms with E-state index in [-0.39, 0.29) is 23.2 Å². The Labute approximate surface area is 161 Å². The lowest BCUT2D eigenvalue weighted by atomic mass is 9.52. The summed E-state index contributed by atoms with van der Waals surface area (Å²) in [5, 5.41) is 23.3. The molecule has 5 nitrogen and oxygen atoms in total. The topological polar surface area (TPSA) is 76.0 Å². The van der Waals surface area contributed by atoms with Gasteiger partial charge in [0.15, 0.2) is 11.7 Å². The van der Waals surface area contributed by atoms with E-state index in [9.17, 15) is 15.0 Å². The third-order valence-electron chi connectivity index (χ3n) is 9.41. The number of allylic oxidation sites excluding steroid dienone is 1. The van der Waals surface area contributed by atoms with Gasteiger partial charge in [0, 0.05) is 23.7 Å². The molecule has 1 saturated heterocycles. The smallest absolute Gasteiger partial charge is 0.426 e. The van der Waals surface area contributed by atoms with Gasteiger partial charge in [-0.05, 0) is 42.9 Å². The lowest BCUT2D eigenvalue weighted by Crippen LogP contribution is -2.64. The van der Waals surface area contributed by atoms with Crippen molar-refractivity contribution in [2.24, 2.45) is 40.4 Å². The van der Waals surface area contributed by atoms with E-state index >= 15 is 0 Å². The van der Waals surface area contributed by atoms with E-state index in [1.807, 2.05) is 6.92 Å². The fourth-order valence-electron chi connectivity index (χ4n) is 7.97. The lowest BCUT2D eigenvalue weighted by molar-refractivity contribution is -0.182. The number of carbonyl (C=O) groups is 1. The number of hydrogen-bond donors (Lipinski definition) is 2. The summed E-state index contributed by atoms with van der Waals surface area (Å²) < 4.78 is 11.7. The highest BCUT2D eigenvalue weighted by Gasteiger charge is 2.78. The van der Waals surface area contributed by atoms with Crippen LogP contribution in [0.3, 0.4) is 0 Å². The van der Waals surface area contributed by atoms with Crippen LogP contribution in [0.5, 0.6) is 0 Å². The Hall–Kier alpha value is -1.07. The summed E-state index contributed by atoms with van der Waals surface area (Å²) in [6.45, 7) is 10.8. The lowest BCUT2D eigenvalue weighted by Gasteiger charge is -2.55. The zero-order valence-electron chi connectivity index (χ0n) is 16.9. The molecule has 0 aromatic carbocycles. The maximum atomic E-state index is 12.3. The summed E-state index contributed by atoms with van der Waals surface area (Å²) in [5.41, 5.74) is -0.202. The van der Waals surface area contributed by atoms with Crippen LogP contribution in [0, 0.1) is 40.4 Å². The summed E-state index contributed by atoms with van der Waals surface area (Å²) in [5.74, 6) is 0.482. The highest BCUT2D eigenvalue weighted by atomic mass is 16.8. The molecule has 4 fully saturated rings. The van der Waals surface area contributed by atoms with Crippen LogP contribution in [0.4, 0.5) is 4.79 Å². The molecule has 5 rings (SSSR count). The average Bonchev–Trinajstić information content (AvgIpc) is 2.98. The standard InChI is InChI=1S/C22H32O5/c1-10-6-7-21-11(2)8-13-15(20(13,4)5)14(17(21)24)16(23)12(3)18-22(21,9-10)27-19(25)26-18/h6,11-18,23-24H,7-9H2,1-5H3/t11-,12+,13?,14-,15?,16-,17?,18-,21+,22?/m1/s1. The molecule has 1 aliphatic heterocycles. The van der Waals surface area contributed by atoms with Crippen LogP contribution >= 0.6 is 0 Å². The predicted molar refractivity (Wildman–Crippen MR) is 98.7 cm³/mol. The SMILES string of the molecule is CC1=CC[C@@]23C(O)[C@H](C4C(C[C@H]2C)C4(C)C)[C@H](O)[C@H](C)[C@H]2OC(=O)OC23C1. The average molecular weight is 376 g/mol. The number of fused-ring (bicyclic) bond motifs is 3.